The summed E-state index contributed by atoms with van der Waals surface area (Å²) in [7, 11) is 0. The van der Waals surface area contributed by atoms with Crippen LogP contribution in [0.3, 0.4) is 0 Å². The van der Waals surface area contributed by atoms with Gasteiger partial charge in [-0.3, -0.25) is 0 Å². The Morgan fingerprint density at radius 1 is 0.226 bits per heavy atom. The van der Waals surface area contributed by atoms with Crippen LogP contribution >= 0.6 is 0 Å². The van der Waals surface area contributed by atoms with Gasteiger partial charge in [0, 0.05) is 0 Å². The molecule has 1 aliphatic carbocycles. The third-order valence-corrected chi connectivity index (χ3v) is 11.2. The molecule has 1 atom stereocenters. The van der Waals surface area contributed by atoms with E-state index in [1.165, 1.54) is 88.7 Å². The van der Waals surface area contributed by atoms with E-state index in [0.717, 1.165) is 0 Å². The minimum absolute atomic E-state index is 0.511. The largest absolute Gasteiger partial charge is 0.0714 e. The van der Waals surface area contributed by atoms with Crippen molar-refractivity contribution in [2.75, 3.05) is 0 Å². The third-order valence-electron chi connectivity index (χ3n) is 11.2. The maximum Gasteiger partial charge on any atom is 0.0714 e. The van der Waals surface area contributed by atoms with E-state index in [0.29, 0.717) is 0 Å². The SMILES string of the molecule is c1ccc(-c2ccc(C3(c4ccc5ccccc5c4)c4ccccc4-c4ccc(-c5cccc(-c6cccc(-c7ccccc7)c6)c5)cc43)cc2)cc1. The molecular formula is C53H36. The van der Waals surface area contributed by atoms with Crippen LogP contribution in [0.2, 0.25) is 0 Å². The Balaban J connectivity index is 1.17. The summed E-state index contributed by atoms with van der Waals surface area (Å²) in [5, 5.41) is 2.50. The topological polar surface area (TPSA) is 0 Å². The van der Waals surface area contributed by atoms with Crippen LogP contribution in [-0.4, -0.2) is 0 Å². The molecule has 9 aromatic carbocycles. The molecule has 0 saturated heterocycles. The molecule has 248 valence electrons. The van der Waals surface area contributed by atoms with Crippen molar-refractivity contribution in [2.24, 2.45) is 0 Å². The lowest BCUT2D eigenvalue weighted by molar-refractivity contribution is 0.770. The van der Waals surface area contributed by atoms with Crippen LogP contribution in [0.1, 0.15) is 22.3 Å². The van der Waals surface area contributed by atoms with Gasteiger partial charge < -0.3 is 0 Å². The highest BCUT2D eigenvalue weighted by Gasteiger charge is 2.46. The van der Waals surface area contributed by atoms with Crippen molar-refractivity contribution < 1.29 is 0 Å². The van der Waals surface area contributed by atoms with Gasteiger partial charge in [-0.2, -0.15) is 0 Å². The molecule has 0 heteroatoms. The van der Waals surface area contributed by atoms with Gasteiger partial charge in [-0.15, -0.1) is 0 Å². The second kappa shape index (κ2) is 12.8. The first kappa shape index (κ1) is 31.0. The van der Waals surface area contributed by atoms with E-state index in [1.807, 2.05) is 0 Å². The molecule has 53 heavy (non-hydrogen) atoms. The van der Waals surface area contributed by atoms with Gasteiger partial charge in [0.05, 0.1) is 5.41 Å². The monoisotopic (exact) mass is 672 g/mol. The standard InChI is InChI=1S/C53H36/c1-3-13-37(14-4-1)40-25-29-47(30-26-40)53(48-31-27-39-17-7-8-18-45(39)35-48)51-24-10-9-23-49(51)50-32-28-46(36-52(50)53)44-22-12-21-43(34-44)42-20-11-19-41(33-42)38-15-5-2-6-16-38/h1-36H. The minimum Gasteiger partial charge on any atom is -0.0622 e. The molecule has 0 spiro atoms. The van der Waals surface area contributed by atoms with Gasteiger partial charge >= 0.3 is 0 Å². The Morgan fingerprint density at radius 3 is 1.36 bits per heavy atom. The summed E-state index contributed by atoms with van der Waals surface area (Å²) in [6.45, 7) is 0. The van der Waals surface area contributed by atoms with E-state index in [-0.39, 0.29) is 0 Å². The molecule has 0 saturated carbocycles. The van der Waals surface area contributed by atoms with Crippen molar-refractivity contribution in [3.63, 3.8) is 0 Å². The van der Waals surface area contributed by atoms with E-state index in [2.05, 4.69) is 218 Å². The highest BCUT2D eigenvalue weighted by Crippen LogP contribution is 2.57. The second-order valence-corrected chi connectivity index (χ2v) is 14.1. The van der Waals surface area contributed by atoms with Crippen LogP contribution in [0.4, 0.5) is 0 Å². The molecule has 1 aliphatic rings. The van der Waals surface area contributed by atoms with E-state index >= 15 is 0 Å². The van der Waals surface area contributed by atoms with Crippen molar-refractivity contribution in [1.29, 1.82) is 0 Å². The summed E-state index contributed by atoms with van der Waals surface area (Å²) in [4.78, 5) is 0. The second-order valence-electron chi connectivity index (χ2n) is 14.1. The van der Waals surface area contributed by atoms with Crippen molar-refractivity contribution in [1.82, 2.24) is 0 Å². The van der Waals surface area contributed by atoms with Gasteiger partial charge in [0.25, 0.3) is 0 Å². The average molecular weight is 673 g/mol. The Bertz CT molecular complexity index is 2760. The van der Waals surface area contributed by atoms with Crippen LogP contribution in [-0.2, 0) is 5.41 Å². The zero-order valence-corrected chi connectivity index (χ0v) is 29.3. The fraction of sp³-hybridized carbons (Fsp3) is 0.0189. The minimum atomic E-state index is -0.511. The number of fused-ring (bicyclic) bond motifs is 4. The molecular weight excluding hydrogens is 637 g/mol. The highest BCUT2D eigenvalue weighted by molar-refractivity contribution is 5.91. The maximum absolute atomic E-state index is 2.47. The van der Waals surface area contributed by atoms with Crippen LogP contribution < -0.4 is 0 Å². The maximum atomic E-state index is 2.47. The third kappa shape index (κ3) is 5.22. The number of hydrogen-bond acceptors (Lipinski definition) is 0. The van der Waals surface area contributed by atoms with Crippen LogP contribution in [0.5, 0.6) is 0 Å². The van der Waals surface area contributed by atoms with Gasteiger partial charge in [-0.1, -0.05) is 194 Å². The molecule has 10 rings (SSSR count). The van der Waals surface area contributed by atoms with Crippen molar-refractivity contribution >= 4 is 10.8 Å². The number of benzene rings is 9. The molecule has 1 unspecified atom stereocenters. The molecule has 0 aromatic heterocycles. The fourth-order valence-corrected chi connectivity index (χ4v) is 8.60. The Labute approximate surface area is 311 Å². The first-order valence-electron chi connectivity index (χ1n) is 18.4. The van der Waals surface area contributed by atoms with E-state index in [1.54, 1.807) is 0 Å². The van der Waals surface area contributed by atoms with E-state index < -0.39 is 5.41 Å². The average Bonchev–Trinajstić information content (AvgIpc) is 3.54. The van der Waals surface area contributed by atoms with Gasteiger partial charge in [-0.25, -0.2) is 0 Å². The zero-order chi connectivity index (χ0) is 35.2. The Hall–Kier alpha value is -6.76. The first-order chi connectivity index (χ1) is 26.3. The van der Waals surface area contributed by atoms with Gasteiger partial charge in [0.2, 0.25) is 0 Å². The van der Waals surface area contributed by atoms with Gasteiger partial charge in [-0.05, 0) is 113 Å². The first-order valence-corrected chi connectivity index (χ1v) is 18.4. The van der Waals surface area contributed by atoms with Crippen molar-refractivity contribution in [3.8, 4) is 55.6 Å². The molecule has 0 fully saturated rings. The summed E-state index contributed by atoms with van der Waals surface area (Å²) >= 11 is 0. The molecule has 0 bridgehead atoms. The Morgan fingerprint density at radius 2 is 0.679 bits per heavy atom. The predicted molar refractivity (Wildman–Crippen MR) is 223 cm³/mol. The smallest absolute Gasteiger partial charge is 0.0622 e. The van der Waals surface area contributed by atoms with Crippen molar-refractivity contribution in [3.05, 3.63) is 241 Å². The summed E-state index contributed by atoms with van der Waals surface area (Å²) in [5.74, 6) is 0. The number of hydrogen-bond donors (Lipinski definition) is 0. The van der Waals surface area contributed by atoms with E-state index in [9.17, 15) is 0 Å². The van der Waals surface area contributed by atoms with Crippen molar-refractivity contribution in [2.45, 2.75) is 5.41 Å². The zero-order valence-electron chi connectivity index (χ0n) is 29.3. The summed E-state index contributed by atoms with van der Waals surface area (Å²) in [6.07, 6.45) is 0. The highest BCUT2D eigenvalue weighted by atomic mass is 14.5. The molecule has 0 aliphatic heterocycles. The quantitative estimate of drug-likeness (QED) is 0.165. The lowest BCUT2D eigenvalue weighted by Crippen LogP contribution is -2.28. The molecule has 0 N–H and O–H groups in total. The summed E-state index contributed by atoms with van der Waals surface area (Å²) in [5.41, 5.74) is 17.0. The van der Waals surface area contributed by atoms with Crippen LogP contribution in [0.25, 0.3) is 66.4 Å². The molecule has 0 radical (unpaired) electrons. The lowest BCUT2D eigenvalue weighted by atomic mass is 9.67. The molecule has 0 nitrogen and oxygen atoms in total. The number of rotatable bonds is 6. The fourth-order valence-electron chi connectivity index (χ4n) is 8.60. The lowest BCUT2D eigenvalue weighted by Gasteiger charge is -2.34. The van der Waals surface area contributed by atoms with Crippen LogP contribution in [0.15, 0.2) is 218 Å². The molecule has 0 heterocycles. The Kier molecular flexibility index (Phi) is 7.48. The van der Waals surface area contributed by atoms with Gasteiger partial charge in [0.1, 0.15) is 0 Å². The van der Waals surface area contributed by atoms with Gasteiger partial charge in [0.15, 0.2) is 0 Å². The normalized spacial score (nSPS) is 14.5. The molecule has 0 amide bonds. The summed E-state index contributed by atoms with van der Waals surface area (Å²) in [6, 6.07) is 80.4. The summed E-state index contributed by atoms with van der Waals surface area (Å²) < 4.78 is 0. The molecule has 9 aromatic rings. The van der Waals surface area contributed by atoms with Crippen LogP contribution in [0, 0.1) is 0 Å². The predicted octanol–water partition coefficient (Wildman–Crippen LogP) is 13.9. The van der Waals surface area contributed by atoms with E-state index in [4.69, 9.17) is 0 Å².